The summed E-state index contributed by atoms with van der Waals surface area (Å²) in [5.41, 5.74) is 0.963. The largest absolute Gasteiger partial charge is 0.467 e. The van der Waals surface area contributed by atoms with Gasteiger partial charge in [-0.2, -0.15) is 0 Å². The number of imidazole rings is 1. The Labute approximate surface area is 82.6 Å². The van der Waals surface area contributed by atoms with Gasteiger partial charge in [-0.25, -0.2) is 4.98 Å². The molecule has 0 spiro atoms. The van der Waals surface area contributed by atoms with E-state index >= 15 is 0 Å². The molecule has 0 radical (unpaired) electrons. The summed E-state index contributed by atoms with van der Waals surface area (Å²) in [4.78, 5) is 4.28. The number of hydrogen-bond donors (Lipinski definition) is 1. The second-order valence-corrected chi connectivity index (χ2v) is 3.20. The van der Waals surface area contributed by atoms with Crippen molar-refractivity contribution in [2.75, 3.05) is 7.05 Å². The number of aryl methyl sites for hydroxylation is 1. The molecule has 0 fully saturated rings. The van der Waals surface area contributed by atoms with E-state index in [1.807, 2.05) is 37.0 Å². The van der Waals surface area contributed by atoms with Gasteiger partial charge >= 0.3 is 0 Å². The van der Waals surface area contributed by atoms with Gasteiger partial charge in [0.15, 0.2) is 0 Å². The summed E-state index contributed by atoms with van der Waals surface area (Å²) in [6, 6.07) is 3.85. The molecule has 0 amide bonds. The fourth-order valence-electron chi connectivity index (χ4n) is 1.47. The number of rotatable bonds is 3. The summed E-state index contributed by atoms with van der Waals surface area (Å²) in [5.74, 6) is 0.881. The first-order valence-corrected chi connectivity index (χ1v) is 4.50. The van der Waals surface area contributed by atoms with E-state index in [1.165, 1.54) is 0 Å². The van der Waals surface area contributed by atoms with E-state index in [-0.39, 0.29) is 6.04 Å². The van der Waals surface area contributed by atoms with Gasteiger partial charge in [-0.1, -0.05) is 0 Å². The average Bonchev–Trinajstić information content (AvgIpc) is 2.79. The Morgan fingerprint density at radius 1 is 1.57 bits per heavy atom. The molecule has 1 unspecified atom stereocenters. The molecule has 1 atom stereocenters. The average molecular weight is 191 g/mol. The number of hydrogen-bond acceptors (Lipinski definition) is 3. The van der Waals surface area contributed by atoms with E-state index in [4.69, 9.17) is 4.42 Å². The topological polar surface area (TPSA) is 43.0 Å². The van der Waals surface area contributed by atoms with E-state index in [0.717, 1.165) is 11.5 Å². The molecule has 2 aromatic heterocycles. The molecule has 0 aliphatic heterocycles. The molecule has 2 rings (SSSR count). The van der Waals surface area contributed by atoms with E-state index in [1.54, 1.807) is 12.6 Å². The van der Waals surface area contributed by atoms with E-state index in [2.05, 4.69) is 10.3 Å². The van der Waals surface area contributed by atoms with Crippen molar-refractivity contribution in [3.8, 4) is 0 Å². The lowest BCUT2D eigenvalue weighted by molar-refractivity contribution is 0.459. The molecule has 0 aliphatic rings. The molecule has 0 bridgehead atoms. The summed E-state index contributed by atoms with van der Waals surface area (Å²) in [5, 5.41) is 3.16. The van der Waals surface area contributed by atoms with Crippen LogP contribution in [-0.4, -0.2) is 16.6 Å². The van der Waals surface area contributed by atoms with Crippen molar-refractivity contribution in [3.63, 3.8) is 0 Å². The van der Waals surface area contributed by atoms with Crippen molar-refractivity contribution >= 4 is 0 Å². The van der Waals surface area contributed by atoms with Gasteiger partial charge in [0.2, 0.25) is 0 Å². The van der Waals surface area contributed by atoms with Crippen LogP contribution in [0.1, 0.15) is 17.5 Å². The molecule has 2 heterocycles. The molecule has 0 aromatic carbocycles. The Morgan fingerprint density at radius 2 is 2.43 bits per heavy atom. The third-order valence-corrected chi connectivity index (χ3v) is 2.14. The summed E-state index contributed by atoms with van der Waals surface area (Å²) < 4.78 is 7.26. The fourth-order valence-corrected chi connectivity index (χ4v) is 1.47. The highest BCUT2D eigenvalue weighted by Gasteiger charge is 2.16. The molecule has 2 aromatic rings. The van der Waals surface area contributed by atoms with Gasteiger partial charge in [0.05, 0.1) is 18.3 Å². The zero-order valence-electron chi connectivity index (χ0n) is 8.27. The maximum atomic E-state index is 5.34. The second-order valence-electron chi connectivity index (χ2n) is 3.20. The SMILES string of the molecule is CNC(c1cn(C)cn1)c1ccco1. The molecule has 0 aliphatic carbocycles. The Bertz CT molecular complexity index is 391. The van der Waals surface area contributed by atoms with Crippen LogP contribution in [0.4, 0.5) is 0 Å². The van der Waals surface area contributed by atoms with Gasteiger partial charge < -0.3 is 14.3 Å². The predicted octanol–water partition coefficient (Wildman–Crippen LogP) is 1.32. The highest BCUT2D eigenvalue weighted by molar-refractivity contribution is 5.17. The standard InChI is InChI=1S/C10H13N3O/c1-11-10(9-4-3-5-14-9)8-6-13(2)7-12-8/h3-7,10-11H,1-2H3. The van der Waals surface area contributed by atoms with E-state index < -0.39 is 0 Å². The zero-order chi connectivity index (χ0) is 9.97. The Kier molecular flexibility index (Phi) is 2.37. The van der Waals surface area contributed by atoms with E-state index in [9.17, 15) is 0 Å². The Balaban J connectivity index is 2.31. The van der Waals surface area contributed by atoms with Crippen LogP contribution < -0.4 is 5.32 Å². The van der Waals surface area contributed by atoms with Gasteiger partial charge in [-0.15, -0.1) is 0 Å². The predicted molar refractivity (Wildman–Crippen MR) is 52.8 cm³/mol. The monoisotopic (exact) mass is 191 g/mol. The van der Waals surface area contributed by atoms with E-state index in [0.29, 0.717) is 0 Å². The molecule has 4 heteroatoms. The van der Waals surface area contributed by atoms with Crippen molar-refractivity contribution in [1.82, 2.24) is 14.9 Å². The summed E-state index contributed by atoms with van der Waals surface area (Å²) >= 11 is 0. The molecule has 74 valence electrons. The first-order valence-electron chi connectivity index (χ1n) is 4.50. The van der Waals surface area contributed by atoms with Crippen LogP contribution in [0.2, 0.25) is 0 Å². The van der Waals surface area contributed by atoms with Crippen LogP contribution in [0, 0.1) is 0 Å². The number of furan rings is 1. The first kappa shape index (κ1) is 9.02. The first-order chi connectivity index (χ1) is 6.81. The summed E-state index contributed by atoms with van der Waals surface area (Å²) in [6.07, 6.45) is 5.43. The van der Waals surface area contributed by atoms with Crippen molar-refractivity contribution in [2.24, 2.45) is 7.05 Å². The van der Waals surface area contributed by atoms with Gasteiger partial charge in [-0.05, 0) is 19.2 Å². The van der Waals surface area contributed by atoms with Crippen LogP contribution in [-0.2, 0) is 7.05 Å². The fraction of sp³-hybridized carbons (Fsp3) is 0.300. The quantitative estimate of drug-likeness (QED) is 0.795. The summed E-state index contributed by atoms with van der Waals surface area (Å²) in [6.45, 7) is 0. The van der Waals surface area contributed by atoms with Crippen molar-refractivity contribution in [2.45, 2.75) is 6.04 Å². The van der Waals surface area contributed by atoms with Crippen LogP contribution in [0.5, 0.6) is 0 Å². The second kappa shape index (κ2) is 3.67. The molecule has 14 heavy (non-hydrogen) atoms. The third kappa shape index (κ3) is 1.56. The van der Waals surface area contributed by atoms with Crippen molar-refractivity contribution in [1.29, 1.82) is 0 Å². The lowest BCUT2D eigenvalue weighted by atomic mass is 10.2. The zero-order valence-corrected chi connectivity index (χ0v) is 8.27. The van der Waals surface area contributed by atoms with Crippen LogP contribution >= 0.6 is 0 Å². The Morgan fingerprint density at radius 3 is 2.93 bits per heavy atom. The highest BCUT2D eigenvalue weighted by atomic mass is 16.3. The third-order valence-electron chi connectivity index (χ3n) is 2.14. The van der Waals surface area contributed by atoms with Crippen LogP contribution in [0.3, 0.4) is 0 Å². The number of nitrogens with zero attached hydrogens (tertiary/aromatic N) is 2. The molecule has 0 saturated heterocycles. The van der Waals surface area contributed by atoms with Gasteiger partial charge in [0.1, 0.15) is 11.8 Å². The van der Waals surface area contributed by atoms with Crippen molar-refractivity contribution < 1.29 is 4.42 Å². The van der Waals surface area contributed by atoms with Gasteiger partial charge in [0, 0.05) is 13.2 Å². The van der Waals surface area contributed by atoms with Gasteiger partial charge in [-0.3, -0.25) is 0 Å². The lowest BCUT2D eigenvalue weighted by Gasteiger charge is -2.09. The minimum absolute atomic E-state index is 0.0335. The molecular formula is C10H13N3O. The lowest BCUT2D eigenvalue weighted by Crippen LogP contribution is -2.17. The summed E-state index contributed by atoms with van der Waals surface area (Å²) in [7, 11) is 3.84. The van der Waals surface area contributed by atoms with Crippen LogP contribution in [0.25, 0.3) is 0 Å². The molecular weight excluding hydrogens is 178 g/mol. The maximum Gasteiger partial charge on any atom is 0.126 e. The normalized spacial score (nSPS) is 13.0. The smallest absolute Gasteiger partial charge is 0.126 e. The molecule has 4 nitrogen and oxygen atoms in total. The highest BCUT2D eigenvalue weighted by Crippen LogP contribution is 2.19. The molecule has 1 N–H and O–H groups in total. The molecule has 0 saturated carbocycles. The number of nitrogens with one attached hydrogen (secondary N) is 1. The minimum atomic E-state index is 0.0335. The van der Waals surface area contributed by atoms with Crippen molar-refractivity contribution in [3.05, 3.63) is 42.4 Å². The maximum absolute atomic E-state index is 5.34. The van der Waals surface area contributed by atoms with Crippen LogP contribution in [0.15, 0.2) is 35.3 Å². The Hall–Kier alpha value is -1.55. The minimum Gasteiger partial charge on any atom is -0.467 e. The van der Waals surface area contributed by atoms with Gasteiger partial charge in [0.25, 0.3) is 0 Å². The number of aromatic nitrogens is 2.